The third-order valence-electron chi connectivity index (χ3n) is 2.41. The maximum atomic E-state index is 13.4. The van der Waals surface area contributed by atoms with Crippen molar-refractivity contribution in [1.29, 1.82) is 0 Å². The third kappa shape index (κ3) is 2.37. The van der Waals surface area contributed by atoms with Crippen molar-refractivity contribution in [1.82, 2.24) is 0 Å². The van der Waals surface area contributed by atoms with Crippen molar-refractivity contribution < 1.29 is 27.5 Å². The second-order valence-corrected chi connectivity index (χ2v) is 3.58. The largest absolute Gasteiger partial charge is 0.463 e. The first-order chi connectivity index (χ1) is 9.04. The lowest BCUT2D eigenvalue weighted by atomic mass is 10.1. The van der Waals surface area contributed by atoms with Gasteiger partial charge in [-0.05, 0) is 24.3 Å². The number of carbonyl (C=O) groups excluding carboxylic acids is 2. The van der Waals surface area contributed by atoms with E-state index in [1.807, 2.05) is 0 Å². The molecule has 98 valence electrons. The van der Waals surface area contributed by atoms with Gasteiger partial charge in [-0.1, -0.05) is 6.07 Å². The molecular formula is C13H8F2O4. The highest BCUT2D eigenvalue weighted by Gasteiger charge is 2.23. The maximum Gasteiger partial charge on any atom is 0.373 e. The predicted molar refractivity (Wildman–Crippen MR) is 59.8 cm³/mol. The van der Waals surface area contributed by atoms with Crippen molar-refractivity contribution in [3.63, 3.8) is 0 Å². The molecule has 1 aromatic heterocycles. The fraction of sp³-hybridized carbons (Fsp3) is 0.0769. The summed E-state index contributed by atoms with van der Waals surface area (Å²) < 4.78 is 36.1. The molecule has 0 spiro atoms. The minimum absolute atomic E-state index is 0.220. The molecule has 0 aliphatic rings. The summed E-state index contributed by atoms with van der Waals surface area (Å²) in [5.41, 5.74) is -0.728. The normalized spacial score (nSPS) is 10.3. The molecule has 0 N–H and O–H groups in total. The van der Waals surface area contributed by atoms with Gasteiger partial charge in [0.25, 0.3) is 0 Å². The fourth-order valence-electron chi connectivity index (χ4n) is 1.51. The van der Waals surface area contributed by atoms with Crippen LogP contribution >= 0.6 is 0 Å². The summed E-state index contributed by atoms with van der Waals surface area (Å²) in [6, 6.07) is 5.41. The summed E-state index contributed by atoms with van der Waals surface area (Å²) in [5.74, 6) is -4.33. The van der Waals surface area contributed by atoms with E-state index in [-0.39, 0.29) is 11.5 Å². The van der Waals surface area contributed by atoms with Gasteiger partial charge in [-0.2, -0.15) is 0 Å². The molecule has 0 amide bonds. The summed E-state index contributed by atoms with van der Waals surface area (Å²) in [4.78, 5) is 23.0. The van der Waals surface area contributed by atoms with Gasteiger partial charge in [-0.15, -0.1) is 0 Å². The first-order valence-corrected chi connectivity index (χ1v) is 5.21. The van der Waals surface area contributed by atoms with Crippen molar-refractivity contribution >= 4 is 11.8 Å². The van der Waals surface area contributed by atoms with Crippen LogP contribution < -0.4 is 0 Å². The van der Waals surface area contributed by atoms with E-state index < -0.39 is 29.0 Å². The van der Waals surface area contributed by atoms with Crippen molar-refractivity contribution in [3.05, 3.63) is 59.1 Å². The van der Waals surface area contributed by atoms with Gasteiger partial charge in [0, 0.05) is 0 Å². The Morgan fingerprint density at radius 3 is 2.21 bits per heavy atom. The molecule has 1 aromatic carbocycles. The number of hydrogen-bond acceptors (Lipinski definition) is 4. The van der Waals surface area contributed by atoms with Crippen LogP contribution in [0.1, 0.15) is 26.7 Å². The standard InChI is InChI=1S/C13H8F2O4/c1-18-13(17)10-6-5-9(19-10)12(16)11-7(14)3-2-4-8(11)15/h2-6H,1H3. The smallest absolute Gasteiger partial charge is 0.373 e. The van der Waals surface area contributed by atoms with Gasteiger partial charge in [0.15, 0.2) is 5.76 Å². The quantitative estimate of drug-likeness (QED) is 0.633. The first kappa shape index (κ1) is 12.9. The van der Waals surface area contributed by atoms with Crippen LogP contribution in [-0.2, 0) is 4.74 Å². The molecule has 1 heterocycles. The molecular weight excluding hydrogens is 258 g/mol. The molecule has 0 aliphatic heterocycles. The van der Waals surface area contributed by atoms with Crippen molar-refractivity contribution in [2.75, 3.05) is 7.11 Å². The Labute approximate surface area is 106 Å². The molecule has 0 atom stereocenters. The molecule has 0 unspecified atom stereocenters. The van der Waals surface area contributed by atoms with Crippen LogP contribution in [0.4, 0.5) is 8.78 Å². The predicted octanol–water partition coefficient (Wildman–Crippen LogP) is 2.58. The van der Waals surface area contributed by atoms with E-state index in [2.05, 4.69) is 4.74 Å². The Hall–Kier alpha value is -2.50. The lowest BCUT2D eigenvalue weighted by Gasteiger charge is -2.01. The number of halogens is 2. The molecule has 6 heteroatoms. The zero-order chi connectivity index (χ0) is 14.0. The van der Waals surface area contributed by atoms with Crippen molar-refractivity contribution in [2.45, 2.75) is 0 Å². The Kier molecular flexibility index (Phi) is 3.41. The van der Waals surface area contributed by atoms with Gasteiger partial charge in [-0.25, -0.2) is 13.6 Å². The van der Waals surface area contributed by atoms with Crippen molar-refractivity contribution in [2.24, 2.45) is 0 Å². The highest BCUT2D eigenvalue weighted by atomic mass is 19.1. The molecule has 2 aromatic rings. The van der Waals surface area contributed by atoms with E-state index in [9.17, 15) is 18.4 Å². The van der Waals surface area contributed by atoms with Crippen LogP contribution in [0.5, 0.6) is 0 Å². The summed E-state index contributed by atoms with van der Waals surface area (Å²) in [5, 5.41) is 0. The highest BCUT2D eigenvalue weighted by Crippen LogP contribution is 2.19. The lowest BCUT2D eigenvalue weighted by molar-refractivity contribution is 0.0563. The Balaban J connectivity index is 2.40. The van der Waals surface area contributed by atoms with Crippen LogP contribution in [-0.4, -0.2) is 18.9 Å². The fourth-order valence-corrected chi connectivity index (χ4v) is 1.51. The number of hydrogen-bond donors (Lipinski definition) is 0. The average Bonchev–Trinajstić information content (AvgIpc) is 2.87. The number of rotatable bonds is 3. The molecule has 19 heavy (non-hydrogen) atoms. The highest BCUT2D eigenvalue weighted by molar-refractivity contribution is 6.08. The van der Waals surface area contributed by atoms with E-state index >= 15 is 0 Å². The number of esters is 1. The second kappa shape index (κ2) is 5.01. The number of methoxy groups -OCH3 is 1. The topological polar surface area (TPSA) is 56.5 Å². The van der Waals surface area contributed by atoms with E-state index in [1.54, 1.807) is 0 Å². The summed E-state index contributed by atoms with van der Waals surface area (Å²) >= 11 is 0. The second-order valence-electron chi connectivity index (χ2n) is 3.58. The zero-order valence-electron chi connectivity index (χ0n) is 9.78. The summed E-state index contributed by atoms with van der Waals surface area (Å²) in [7, 11) is 1.14. The molecule has 0 saturated heterocycles. The Morgan fingerprint density at radius 1 is 1.05 bits per heavy atom. The molecule has 0 saturated carbocycles. The number of ketones is 1. The maximum absolute atomic E-state index is 13.4. The SMILES string of the molecule is COC(=O)c1ccc(C(=O)c2c(F)cccc2F)o1. The van der Waals surface area contributed by atoms with Crippen LogP contribution in [0.3, 0.4) is 0 Å². The first-order valence-electron chi connectivity index (χ1n) is 5.21. The van der Waals surface area contributed by atoms with Crippen LogP contribution in [0.15, 0.2) is 34.7 Å². The molecule has 0 fully saturated rings. The van der Waals surface area contributed by atoms with E-state index in [1.165, 1.54) is 6.07 Å². The molecule has 0 radical (unpaired) electrons. The number of furan rings is 1. The number of carbonyl (C=O) groups is 2. The minimum atomic E-state index is -0.999. The van der Waals surface area contributed by atoms with Crippen LogP contribution in [0.2, 0.25) is 0 Å². The average molecular weight is 266 g/mol. The van der Waals surface area contributed by atoms with E-state index in [0.29, 0.717) is 0 Å². The number of ether oxygens (including phenoxy) is 1. The van der Waals surface area contributed by atoms with Gasteiger partial charge in [0.05, 0.1) is 12.7 Å². The van der Waals surface area contributed by atoms with Crippen LogP contribution in [0.25, 0.3) is 0 Å². The minimum Gasteiger partial charge on any atom is -0.463 e. The van der Waals surface area contributed by atoms with Crippen LogP contribution in [0, 0.1) is 11.6 Å². The summed E-state index contributed by atoms with van der Waals surface area (Å²) in [6.07, 6.45) is 0. The van der Waals surface area contributed by atoms with Gasteiger partial charge in [0.1, 0.15) is 11.6 Å². The Bertz CT molecular complexity index is 626. The monoisotopic (exact) mass is 266 g/mol. The number of benzene rings is 1. The lowest BCUT2D eigenvalue weighted by Crippen LogP contribution is -2.06. The Morgan fingerprint density at radius 2 is 1.63 bits per heavy atom. The van der Waals surface area contributed by atoms with E-state index in [4.69, 9.17) is 4.42 Å². The van der Waals surface area contributed by atoms with Gasteiger partial charge in [0.2, 0.25) is 11.5 Å². The zero-order valence-corrected chi connectivity index (χ0v) is 9.78. The molecule has 4 nitrogen and oxygen atoms in total. The summed E-state index contributed by atoms with van der Waals surface area (Å²) in [6.45, 7) is 0. The van der Waals surface area contributed by atoms with Crippen molar-refractivity contribution in [3.8, 4) is 0 Å². The van der Waals surface area contributed by atoms with Gasteiger partial charge >= 0.3 is 5.97 Å². The molecule has 0 aliphatic carbocycles. The van der Waals surface area contributed by atoms with Gasteiger partial charge in [-0.3, -0.25) is 4.79 Å². The van der Waals surface area contributed by atoms with Gasteiger partial charge < -0.3 is 9.15 Å². The molecule has 2 rings (SSSR count). The third-order valence-corrected chi connectivity index (χ3v) is 2.41. The van der Waals surface area contributed by atoms with E-state index in [0.717, 1.165) is 31.4 Å². The molecule has 0 bridgehead atoms.